The van der Waals surface area contributed by atoms with Crippen LogP contribution in [0.2, 0.25) is 0 Å². The molecule has 0 aliphatic carbocycles. The largest absolute Gasteiger partial charge is 0.396 e. The average Bonchev–Trinajstić information content (AvgIpc) is 2.57. The van der Waals surface area contributed by atoms with Crippen LogP contribution in [0.15, 0.2) is 54.6 Å². The molecule has 4 heteroatoms. The van der Waals surface area contributed by atoms with E-state index in [4.69, 9.17) is 5.11 Å². The van der Waals surface area contributed by atoms with Crippen molar-refractivity contribution >= 4 is 34.0 Å². The summed E-state index contributed by atoms with van der Waals surface area (Å²) in [6.07, 6.45) is -0.708. The first-order chi connectivity index (χ1) is 10.7. The predicted octanol–water partition coefficient (Wildman–Crippen LogP) is 3.45. The zero-order valence-electron chi connectivity index (χ0n) is 13.1. The van der Waals surface area contributed by atoms with Gasteiger partial charge in [0.25, 0.3) is 0 Å². The summed E-state index contributed by atoms with van der Waals surface area (Å²) in [4.78, 5) is 0. The molecule has 0 bridgehead atoms. The Balaban J connectivity index is 0.00000192. The number of halogens is 1. The van der Waals surface area contributed by atoms with Crippen LogP contribution in [-0.2, 0) is 6.54 Å². The minimum Gasteiger partial charge on any atom is -0.396 e. The Morgan fingerprint density at radius 2 is 1.61 bits per heavy atom. The van der Waals surface area contributed by atoms with E-state index in [1.54, 1.807) is 0 Å². The Hall–Kier alpha value is -1.65. The fourth-order valence-corrected chi connectivity index (χ4v) is 2.70. The van der Waals surface area contributed by atoms with E-state index in [-0.39, 0.29) is 24.9 Å². The van der Waals surface area contributed by atoms with Crippen LogP contribution < -0.4 is 5.32 Å². The van der Waals surface area contributed by atoms with Crippen molar-refractivity contribution in [3.8, 4) is 0 Å². The topological polar surface area (TPSA) is 52.5 Å². The van der Waals surface area contributed by atoms with Crippen LogP contribution in [-0.4, -0.2) is 23.0 Å². The first-order valence-corrected chi connectivity index (χ1v) is 7.62. The Morgan fingerprint density at radius 1 is 0.957 bits per heavy atom. The van der Waals surface area contributed by atoms with E-state index < -0.39 is 6.23 Å². The molecule has 0 fully saturated rings. The van der Waals surface area contributed by atoms with Crippen LogP contribution in [0.25, 0.3) is 21.5 Å². The number of hydrogen-bond donors (Lipinski definition) is 3. The molecule has 3 nitrogen and oxygen atoms in total. The van der Waals surface area contributed by atoms with Crippen molar-refractivity contribution in [1.82, 2.24) is 5.32 Å². The van der Waals surface area contributed by atoms with Crippen molar-refractivity contribution in [3.63, 3.8) is 0 Å². The van der Waals surface area contributed by atoms with Gasteiger partial charge in [-0.3, -0.25) is 5.32 Å². The van der Waals surface area contributed by atoms with Gasteiger partial charge in [-0.2, -0.15) is 0 Å². The molecule has 0 aromatic heterocycles. The van der Waals surface area contributed by atoms with Crippen LogP contribution in [0.3, 0.4) is 0 Å². The van der Waals surface area contributed by atoms with Crippen LogP contribution in [0.5, 0.6) is 0 Å². The second kappa shape index (κ2) is 7.75. The summed E-state index contributed by atoms with van der Waals surface area (Å²) in [7, 11) is 0. The highest BCUT2D eigenvalue weighted by molar-refractivity contribution is 5.99. The first kappa shape index (κ1) is 17.7. The lowest BCUT2D eigenvalue weighted by molar-refractivity contribution is 0.0495. The molecule has 3 aromatic carbocycles. The molecule has 0 radical (unpaired) electrons. The van der Waals surface area contributed by atoms with E-state index >= 15 is 0 Å². The molecular weight excluding hydrogens is 310 g/mol. The number of fused-ring (bicyclic) bond motifs is 2. The number of nitrogens with one attached hydrogen (secondary N) is 1. The zero-order chi connectivity index (χ0) is 15.5. The molecule has 0 saturated carbocycles. The highest BCUT2D eigenvalue weighted by Crippen LogP contribution is 2.25. The van der Waals surface area contributed by atoms with Gasteiger partial charge >= 0.3 is 0 Å². The molecule has 3 aromatic rings. The van der Waals surface area contributed by atoms with E-state index in [9.17, 15) is 5.11 Å². The summed E-state index contributed by atoms with van der Waals surface area (Å²) in [6.45, 7) is 2.35. The molecule has 0 aliphatic heterocycles. The predicted molar refractivity (Wildman–Crippen MR) is 97.8 cm³/mol. The summed E-state index contributed by atoms with van der Waals surface area (Å²) in [6, 6.07) is 18.9. The monoisotopic (exact) mass is 331 g/mol. The normalized spacial score (nSPS) is 13.7. The minimum atomic E-state index is -0.708. The number of aliphatic hydroxyl groups excluding tert-OH is 2. The number of hydrogen-bond acceptors (Lipinski definition) is 3. The van der Waals surface area contributed by atoms with Crippen molar-refractivity contribution in [2.45, 2.75) is 19.7 Å². The summed E-state index contributed by atoms with van der Waals surface area (Å²) in [5, 5.41) is 27.0. The summed E-state index contributed by atoms with van der Waals surface area (Å²) >= 11 is 0. The van der Waals surface area contributed by atoms with Crippen molar-refractivity contribution in [3.05, 3.63) is 60.2 Å². The standard InChI is InChI=1S/C19H21NO2.ClH/c1-13(12-21)19(22)20-11-17-8-4-7-16-9-14-5-2-3-6-15(14)10-18(16)17;/h2-10,13,19-22H,11-12H2,1H3;1H. The van der Waals surface area contributed by atoms with Crippen molar-refractivity contribution in [1.29, 1.82) is 0 Å². The minimum absolute atomic E-state index is 0. The second-order valence-electron chi connectivity index (χ2n) is 5.82. The number of benzene rings is 3. The molecule has 2 atom stereocenters. The summed E-state index contributed by atoms with van der Waals surface area (Å²) < 4.78 is 0. The average molecular weight is 332 g/mol. The van der Waals surface area contributed by atoms with Crippen molar-refractivity contribution < 1.29 is 10.2 Å². The lowest BCUT2D eigenvalue weighted by atomic mass is 9.99. The molecule has 122 valence electrons. The fourth-order valence-electron chi connectivity index (χ4n) is 2.70. The van der Waals surface area contributed by atoms with Gasteiger partial charge in [0.1, 0.15) is 6.23 Å². The van der Waals surface area contributed by atoms with E-state index in [0.29, 0.717) is 6.54 Å². The molecule has 0 saturated heterocycles. The Kier molecular flexibility index (Phi) is 5.97. The maximum atomic E-state index is 9.95. The van der Waals surface area contributed by atoms with Gasteiger partial charge in [-0.25, -0.2) is 0 Å². The molecule has 23 heavy (non-hydrogen) atoms. The Morgan fingerprint density at radius 3 is 2.30 bits per heavy atom. The Labute approximate surface area is 142 Å². The van der Waals surface area contributed by atoms with E-state index in [2.05, 4.69) is 41.7 Å². The highest BCUT2D eigenvalue weighted by atomic mass is 35.5. The van der Waals surface area contributed by atoms with Gasteiger partial charge in [0.2, 0.25) is 0 Å². The van der Waals surface area contributed by atoms with Gasteiger partial charge in [-0.05, 0) is 39.2 Å². The summed E-state index contributed by atoms with van der Waals surface area (Å²) in [5.74, 6) is -0.184. The van der Waals surface area contributed by atoms with E-state index in [1.807, 2.05) is 25.1 Å². The lowest BCUT2D eigenvalue weighted by Gasteiger charge is -2.18. The number of aliphatic hydroxyl groups is 2. The molecule has 0 spiro atoms. The Bertz CT molecular complexity index is 791. The molecule has 0 heterocycles. The molecule has 3 N–H and O–H groups in total. The maximum absolute atomic E-state index is 9.95. The number of rotatable bonds is 5. The van der Waals surface area contributed by atoms with Gasteiger partial charge in [0.05, 0.1) is 0 Å². The third-order valence-electron chi connectivity index (χ3n) is 4.17. The van der Waals surface area contributed by atoms with Crippen molar-refractivity contribution in [2.75, 3.05) is 6.61 Å². The van der Waals surface area contributed by atoms with Crippen LogP contribution in [0.1, 0.15) is 12.5 Å². The summed E-state index contributed by atoms with van der Waals surface area (Å²) in [5.41, 5.74) is 1.15. The van der Waals surface area contributed by atoms with Crippen LogP contribution in [0, 0.1) is 5.92 Å². The van der Waals surface area contributed by atoms with Gasteiger partial charge in [-0.15, -0.1) is 12.4 Å². The molecular formula is C19H22ClNO2. The van der Waals surface area contributed by atoms with Crippen molar-refractivity contribution in [2.24, 2.45) is 5.92 Å². The van der Waals surface area contributed by atoms with Gasteiger partial charge in [0, 0.05) is 19.1 Å². The smallest absolute Gasteiger partial charge is 0.109 e. The van der Waals surface area contributed by atoms with Crippen LogP contribution >= 0.6 is 12.4 Å². The second-order valence-corrected chi connectivity index (χ2v) is 5.82. The quantitative estimate of drug-likeness (QED) is 0.496. The molecule has 3 rings (SSSR count). The van der Waals surface area contributed by atoms with Gasteiger partial charge < -0.3 is 10.2 Å². The third-order valence-corrected chi connectivity index (χ3v) is 4.17. The highest BCUT2D eigenvalue weighted by Gasteiger charge is 2.12. The fraction of sp³-hybridized carbons (Fsp3) is 0.263. The molecule has 0 aliphatic rings. The van der Waals surface area contributed by atoms with E-state index in [1.165, 1.54) is 21.5 Å². The van der Waals surface area contributed by atoms with Crippen LogP contribution in [0.4, 0.5) is 0 Å². The van der Waals surface area contributed by atoms with E-state index in [0.717, 1.165) is 5.56 Å². The maximum Gasteiger partial charge on any atom is 0.109 e. The SMILES string of the molecule is CC(CO)C(O)NCc1cccc2cc3ccccc3cc12.Cl. The third kappa shape index (κ3) is 3.82. The molecule has 2 unspecified atom stereocenters. The zero-order valence-corrected chi connectivity index (χ0v) is 13.9. The molecule has 0 amide bonds. The first-order valence-electron chi connectivity index (χ1n) is 7.62. The lowest BCUT2D eigenvalue weighted by Crippen LogP contribution is -2.35. The van der Waals surface area contributed by atoms with Gasteiger partial charge in [0.15, 0.2) is 0 Å². The van der Waals surface area contributed by atoms with Gasteiger partial charge in [-0.1, -0.05) is 49.4 Å².